The van der Waals surface area contributed by atoms with Crippen molar-refractivity contribution in [2.75, 3.05) is 5.43 Å². The summed E-state index contributed by atoms with van der Waals surface area (Å²) in [5.41, 5.74) is 6.10. The second-order valence-corrected chi connectivity index (χ2v) is 7.87. The second-order valence-electron chi connectivity index (χ2n) is 7.01. The summed E-state index contributed by atoms with van der Waals surface area (Å²) >= 11 is 1.31. The van der Waals surface area contributed by atoms with Gasteiger partial charge in [0.15, 0.2) is 0 Å². The lowest BCUT2D eigenvalue weighted by Gasteiger charge is -2.05. The zero-order chi connectivity index (χ0) is 24.5. The number of rotatable bonds is 9. The number of nitrogens with zero attached hydrogens (tertiary/aromatic N) is 5. The maximum atomic E-state index is 11.2. The van der Waals surface area contributed by atoms with Crippen LogP contribution in [-0.4, -0.2) is 22.3 Å². The zero-order valence-corrected chi connectivity index (χ0v) is 19.0. The molecular weight excluding hydrogens is 468 g/mol. The molecule has 10 nitrogen and oxygen atoms in total. The lowest BCUT2D eigenvalue weighted by Crippen LogP contribution is -2.11. The normalized spacial score (nSPS) is 11.4. The van der Waals surface area contributed by atoms with E-state index in [1.807, 2.05) is 60.0 Å². The Balaban J connectivity index is 1.43. The lowest BCUT2D eigenvalue weighted by molar-refractivity contribution is -0.385. The zero-order valence-electron chi connectivity index (χ0n) is 18.1. The first-order chi connectivity index (χ1) is 17.1. The van der Waals surface area contributed by atoms with Gasteiger partial charge < -0.3 is 4.74 Å². The Bertz CT molecular complexity index is 1370. The van der Waals surface area contributed by atoms with E-state index in [0.717, 1.165) is 16.9 Å². The maximum absolute atomic E-state index is 11.2. The second kappa shape index (κ2) is 11.4. The summed E-state index contributed by atoms with van der Waals surface area (Å²) in [5.74, 6) is -0.0285. The van der Waals surface area contributed by atoms with Crippen LogP contribution in [0.5, 0.6) is 0 Å². The summed E-state index contributed by atoms with van der Waals surface area (Å²) in [7, 11) is 0. The minimum atomic E-state index is -0.497. The Morgan fingerprint density at radius 3 is 2.40 bits per heavy atom. The minimum Gasteiger partial charge on any atom is -0.412 e. The van der Waals surface area contributed by atoms with Gasteiger partial charge in [-0.25, -0.2) is 10.4 Å². The molecule has 0 atom stereocenters. The number of carbonyl (C=O) groups excluding carboxylic acids is 1. The molecule has 0 aliphatic rings. The van der Waals surface area contributed by atoms with Crippen LogP contribution in [0.3, 0.4) is 0 Å². The van der Waals surface area contributed by atoms with Crippen molar-refractivity contribution >= 4 is 45.9 Å². The van der Waals surface area contributed by atoms with Crippen molar-refractivity contribution in [2.45, 2.75) is 6.42 Å². The number of para-hydroxylation sites is 1. The number of nitro groups is 1. The highest BCUT2D eigenvalue weighted by atomic mass is 32.1. The van der Waals surface area contributed by atoms with Crippen LogP contribution in [0.4, 0.5) is 22.2 Å². The Morgan fingerprint density at radius 1 is 1.00 bits per heavy atom. The van der Waals surface area contributed by atoms with E-state index in [1.165, 1.54) is 17.4 Å². The number of hydrogen-bond donors (Lipinski definition) is 1. The van der Waals surface area contributed by atoms with Crippen molar-refractivity contribution < 1.29 is 14.5 Å². The standard InChI is InChI=1S/C24H18N6O4S/c31-16-34-23(14-18-6-4-5-9-22(18)30(32)33)28-29-24-25-21(15-35-24)17-10-12-20(13-11-17)27-26-19-7-2-1-3-8-19/h1-13,15-16H,14H2,(H,25,29)/b27-26+,28-23+. The van der Waals surface area contributed by atoms with E-state index in [2.05, 4.69) is 25.7 Å². The summed E-state index contributed by atoms with van der Waals surface area (Å²) in [5, 5.41) is 26.0. The van der Waals surface area contributed by atoms with Crippen LogP contribution in [0.15, 0.2) is 99.6 Å². The molecule has 4 rings (SSSR count). The van der Waals surface area contributed by atoms with Gasteiger partial charge in [0.25, 0.3) is 12.2 Å². The van der Waals surface area contributed by atoms with E-state index in [0.29, 0.717) is 16.4 Å². The van der Waals surface area contributed by atoms with Crippen LogP contribution < -0.4 is 5.43 Å². The first kappa shape index (κ1) is 23.4. The third-order valence-corrected chi connectivity index (χ3v) is 5.44. The third-order valence-electron chi connectivity index (χ3n) is 4.69. The molecule has 0 unspecified atom stereocenters. The number of azo groups is 1. The molecule has 0 aliphatic carbocycles. The molecule has 0 saturated heterocycles. The Kier molecular flexibility index (Phi) is 7.61. The Labute approximate surface area is 203 Å². The molecular formula is C24H18N6O4S. The fourth-order valence-electron chi connectivity index (χ4n) is 3.04. The average molecular weight is 487 g/mol. The van der Waals surface area contributed by atoms with E-state index in [1.54, 1.807) is 18.2 Å². The summed E-state index contributed by atoms with van der Waals surface area (Å²) in [6.07, 6.45) is -0.0415. The maximum Gasteiger partial charge on any atom is 0.299 e. The van der Waals surface area contributed by atoms with Crippen LogP contribution in [0.2, 0.25) is 0 Å². The molecule has 0 radical (unpaired) electrons. The fraction of sp³-hybridized carbons (Fsp3) is 0.0417. The first-order valence-corrected chi connectivity index (χ1v) is 11.2. The molecule has 0 aliphatic heterocycles. The van der Waals surface area contributed by atoms with Gasteiger partial charge in [-0.1, -0.05) is 48.5 Å². The van der Waals surface area contributed by atoms with Gasteiger partial charge in [-0.3, -0.25) is 14.9 Å². The van der Waals surface area contributed by atoms with Gasteiger partial charge in [-0.05, 0) is 24.3 Å². The molecule has 1 heterocycles. The van der Waals surface area contributed by atoms with Gasteiger partial charge in [0.2, 0.25) is 11.0 Å². The van der Waals surface area contributed by atoms with E-state index >= 15 is 0 Å². The molecule has 1 N–H and O–H groups in total. The van der Waals surface area contributed by atoms with Crippen LogP contribution in [-0.2, 0) is 16.0 Å². The number of ether oxygens (including phenoxy) is 1. The van der Waals surface area contributed by atoms with Gasteiger partial charge in [0.05, 0.1) is 28.4 Å². The Hall–Kier alpha value is -4.77. The van der Waals surface area contributed by atoms with E-state index < -0.39 is 4.92 Å². The molecule has 1 aromatic heterocycles. The van der Waals surface area contributed by atoms with E-state index in [4.69, 9.17) is 4.74 Å². The van der Waals surface area contributed by atoms with Crippen LogP contribution in [0, 0.1) is 10.1 Å². The quantitative estimate of drug-likeness (QED) is 0.0740. The first-order valence-electron chi connectivity index (χ1n) is 10.3. The number of benzene rings is 3. The third kappa shape index (κ3) is 6.39. The molecule has 0 saturated carbocycles. The monoisotopic (exact) mass is 486 g/mol. The lowest BCUT2D eigenvalue weighted by atomic mass is 10.1. The number of hydrogen-bond acceptors (Lipinski definition) is 10. The summed E-state index contributed by atoms with van der Waals surface area (Å²) in [4.78, 5) is 26.1. The van der Waals surface area contributed by atoms with E-state index in [9.17, 15) is 14.9 Å². The highest BCUT2D eigenvalue weighted by molar-refractivity contribution is 7.14. The SMILES string of the molecule is O=CO/C(Cc1ccccc1[N+](=O)[O-])=N/Nc1nc(-c2ccc(/N=N/c3ccccc3)cc2)cs1. The number of nitrogens with one attached hydrogen (secondary N) is 1. The number of nitro benzene ring substituents is 1. The van der Waals surface area contributed by atoms with Crippen molar-refractivity contribution in [1.82, 2.24) is 4.98 Å². The molecule has 4 aromatic rings. The van der Waals surface area contributed by atoms with Gasteiger partial charge in [-0.2, -0.15) is 10.2 Å². The number of carbonyl (C=O) groups is 1. The minimum absolute atomic E-state index is 0.0285. The highest BCUT2D eigenvalue weighted by Crippen LogP contribution is 2.27. The molecule has 0 bridgehead atoms. The predicted octanol–water partition coefficient (Wildman–Crippen LogP) is 6.27. The summed E-state index contributed by atoms with van der Waals surface area (Å²) in [6, 6.07) is 23.1. The summed E-state index contributed by atoms with van der Waals surface area (Å²) in [6.45, 7) is 0.221. The molecule has 35 heavy (non-hydrogen) atoms. The largest absolute Gasteiger partial charge is 0.412 e. The highest BCUT2D eigenvalue weighted by Gasteiger charge is 2.16. The van der Waals surface area contributed by atoms with Crippen molar-refractivity contribution in [3.05, 3.63) is 99.9 Å². The molecule has 0 amide bonds. The number of hydrazone groups is 1. The van der Waals surface area contributed by atoms with Crippen molar-refractivity contribution in [1.29, 1.82) is 0 Å². The van der Waals surface area contributed by atoms with Gasteiger partial charge in [0, 0.05) is 22.6 Å². The number of aromatic nitrogens is 1. The topological polar surface area (TPSA) is 131 Å². The molecule has 3 aromatic carbocycles. The molecule has 174 valence electrons. The van der Waals surface area contributed by atoms with Crippen molar-refractivity contribution in [2.24, 2.45) is 15.3 Å². The smallest absolute Gasteiger partial charge is 0.299 e. The predicted molar refractivity (Wildman–Crippen MR) is 133 cm³/mol. The Morgan fingerprint density at radius 2 is 1.69 bits per heavy atom. The average Bonchev–Trinajstić information content (AvgIpc) is 3.36. The fourth-order valence-corrected chi connectivity index (χ4v) is 3.70. The van der Waals surface area contributed by atoms with Gasteiger partial charge >= 0.3 is 0 Å². The summed E-state index contributed by atoms with van der Waals surface area (Å²) < 4.78 is 4.90. The van der Waals surface area contributed by atoms with Gasteiger partial charge in [-0.15, -0.1) is 16.4 Å². The van der Waals surface area contributed by atoms with Crippen molar-refractivity contribution in [3.8, 4) is 11.3 Å². The molecule has 0 spiro atoms. The van der Waals surface area contributed by atoms with Crippen molar-refractivity contribution in [3.63, 3.8) is 0 Å². The van der Waals surface area contributed by atoms with Crippen LogP contribution in [0.1, 0.15) is 5.56 Å². The number of anilines is 1. The number of thiazole rings is 1. The van der Waals surface area contributed by atoms with E-state index in [-0.39, 0.29) is 24.5 Å². The van der Waals surface area contributed by atoms with Crippen LogP contribution in [0.25, 0.3) is 11.3 Å². The van der Waals surface area contributed by atoms with Gasteiger partial charge in [0.1, 0.15) is 0 Å². The molecule has 0 fully saturated rings. The molecule has 11 heteroatoms. The van der Waals surface area contributed by atoms with Crippen LogP contribution >= 0.6 is 11.3 Å².